The third-order valence-electron chi connectivity index (χ3n) is 3.94. The van der Waals surface area contributed by atoms with E-state index in [0.29, 0.717) is 34.8 Å². The van der Waals surface area contributed by atoms with Crippen molar-refractivity contribution in [1.29, 1.82) is 0 Å². The number of aryl methyl sites for hydroxylation is 1. The van der Waals surface area contributed by atoms with Gasteiger partial charge in [-0.25, -0.2) is 4.98 Å². The van der Waals surface area contributed by atoms with Crippen molar-refractivity contribution in [2.24, 2.45) is 0 Å². The number of aromatic nitrogens is 2. The molecule has 2 aromatic rings. The molecule has 1 atom stereocenters. The fourth-order valence-corrected chi connectivity index (χ4v) is 2.32. The highest BCUT2D eigenvalue weighted by molar-refractivity contribution is 6.06. The quantitative estimate of drug-likeness (QED) is 0.876. The van der Waals surface area contributed by atoms with Crippen molar-refractivity contribution < 1.29 is 9.32 Å². The molecule has 21 heavy (non-hydrogen) atoms. The van der Waals surface area contributed by atoms with Crippen molar-refractivity contribution in [3.63, 3.8) is 0 Å². The van der Waals surface area contributed by atoms with E-state index in [4.69, 9.17) is 4.52 Å². The number of likely N-dealkylation sites (N-methyl/N-ethyl adjacent to an activating group) is 1. The van der Waals surface area contributed by atoms with Gasteiger partial charge in [0.2, 0.25) is 0 Å². The number of hydrogen-bond acceptors (Lipinski definition) is 5. The highest BCUT2D eigenvalue weighted by atomic mass is 16.5. The summed E-state index contributed by atoms with van der Waals surface area (Å²) in [5.74, 6) is 0.361. The first-order valence-corrected chi connectivity index (χ1v) is 7.32. The Morgan fingerprint density at radius 1 is 1.52 bits per heavy atom. The molecule has 1 fully saturated rings. The van der Waals surface area contributed by atoms with Crippen LogP contribution >= 0.6 is 0 Å². The molecule has 0 aliphatic heterocycles. The molecule has 112 valence electrons. The number of rotatable bonds is 5. The zero-order valence-corrected chi connectivity index (χ0v) is 12.6. The van der Waals surface area contributed by atoms with Crippen LogP contribution in [-0.2, 0) is 0 Å². The van der Waals surface area contributed by atoms with Crippen LogP contribution in [0.15, 0.2) is 10.6 Å². The second kappa shape index (κ2) is 5.44. The number of hydrogen-bond donors (Lipinski definition) is 2. The van der Waals surface area contributed by atoms with Crippen LogP contribution in [0.1, 0.15) is 47.4 Å². The molecule has 0 aromatic carbocycles. The van der Waals surface area contributed by atoms with Crippen molar-refractivity contribution in [3.8, 4) is 0 Å². The predicted molar refractivity (Wildman–Crippen MR) is 79.4 cm³/mol. The molecule has 2 N–H and O–H groups in total. The molecule has 0 bridgehead atoms. The molecule has 1 aliphatic carbocycles. The van der Waals surface area contributed by atoms with Gasteiger partial charge in [0.25, 0.3) is 11.6 Å². The zero-order valence-electron chi connectivity index (χ0n) is 12.6. The minimum atomic E-state index is -0.0994. The molecular formula is C15H20N4O2. The van der Waals surface area contributed by atoms with Crippen molar-refractivity contribution >= 4 is 17.0 Å². The lowest BCUT2D eigenvalue weighted by Gasteiger charge is -2.12. The smallest absolute Gasteiger partial charge is 0.259 e. The standard InChI is InChI=1S/C15H20N4O2/c1-8(16-3)7-17-14(20)11-6-12(10-4-5-10)18-15-13(11)9(2)19-21-15/h6,8,10,16H,4-5,7H2,1-3H3,(H,17,20)/t8-/m0/s1. The summed E-state index contributed by atoms with van der Waals surface area (Å²) in [5, 5.41) is 10.7. The molecule has 0 unspecified atom stereocenters. The monoisotopic (exact) mass is 288 g/mol. The van der Waals surface area contributed by atoms with Gasteiger partial charge in [-0.05, 0) is 39.8 Å². The molecule has 6 heteroatoms. The Morgan fingerprint density at radius 2 is 2.29 bits per heavy atom. The maximum atomic E-state index is 12.5. The number of pyridine rings is 1. The number of fused-ring (bicyclic) bond motifs is 1. The maximum Gasteiger partial charge on any atom is 0.259 e. The number of carbonyl (C=O) groups excluding carboxylic acids is 1. The van der Waals surface area contributed by atoms with Gasteiger partial charge in [-0.3, -0.25) is 4.79 Å². The van der Waals surface area contributed by atoms with Gasteiger partial charge in [0.1, 0.15) is 0 Å². The zero-order chi connectivity index (χ0) is 15.0. The summed E-state index contributed by atoms with van der Waals surface area (Å²) >= 11 is 0. The molecule has 0 saturated heterocycles. The predicted octanol–water partition coefficient (Wildman–Crippen LogP) is 1.75. The molecule has 6 nitrogen and oxygen atoms in total. The van der Waals surface area contributed by atoms with Crippen LogP contribution in [0.5, 0.6) is 0 Å². The van der Waals surface area contributed by atoms with Crippen LogP contribution in [0.2, 0.25) is 0 Å². The third-order valence-corrected chi connectivity index (χ3v) is 3.94. The summed E-state index contributed by atoms with van der Waals surface area (Å²) < 4.78 is 5.25. The Labute approximate surface area is 123 Å². The molecule has 0 radical (unpaired) electrons. The average Bonchev–Trinajstić information content (AvgIpc) is 3.28. The third kappa shape index (κ3) is 2.76. The summed E-state index contributed by atoms with van der Waals surface area (Å²) in [6.07, 6.45) is 2.26. The first-order chi connectivity index (χ1) is 10.1. The molecule has 1 amide bonds. The maximum absolute atomic E-state index is 12.5. The highest BCUT2D eigenvalue weighted by Gasteiger charge is 2.28. The normalized spacial score (nSPS) is 16.1. The van der Waals surface area contributed by atoms with Crippen LogP contribution in [0, 0.1) is 6.92 Å². The largest absolute Gasteiger partial charge is 0.350 e. The molecule has 2 heterocycles. The second-order valence-electron chi connectivity index (χ2n) is 5.72. The summed E-state index contributed by atoms with van der Waals surface area (Å²) in [6, 6.07) is 2.11. The van der Waals surface area contributed by atoms with Gasteiger partial charge in [0.15, 0.2) is 0 Å². The van der Waals surface area contributed by atoms with E-state index >= 15 is 0 Å². The summed E-state index contributed by atoms with van der Waals surface area (Å²) in [7, 11) is 1.87. The van der Waals surface area contributed by atoms with Crippen molar-refractivity contribution in [2.45, 2.75) is 38.6 Å². The van der Waals surface area contributed by atoms with E-state index in [9.17, 15) is 4.79 Å². The van der Waals surface area contributed by atoms with Crippen LogP contribution < -0.4 is 10.6 Å². The van der Waals surface area contributed by atoms with Crippen LogP contribution in [-0.4, -0.2) is 35.7 Å². The van der Waals surface area contributed by atoms with Crippen LogP contribution in [0.4, 0.5) is 0 Å². The Balaban J connectivity index is 1.95. The first kappa shape index (κ1) is 14.0. The average molecular weight is 288 g/mol. The lowest BCUT2D eigenvalue weighted by molar-refractivity contribution is 0.0952. The SMILES string of the molecule is CN[C@@H](C)CNC(=O)c1cc(C2CC2)nc2onc(C)c12. The summed E-state index contributed by atoms with van der Waals surface area (Å²) in [6.45, 7) is 4.42. The Bertz CT molecular complexity index is 676. The number of nitrogens with zero attached hydrogens (tertiary/aromatic N) is 2. The highest BCUT2D eigenvalue weighted by Crippen LogP contribution is 2.40. The van der Waals surface area contributed by atoms with Crippen molar-refractivity contribution in [3.05, 3.63) is 23.0 Å². The molecule has 1 aliphatic rings. The molecule has 0 spiro atoms. The fraction of sp³-hybridized carbons (Fsp3) is 0.533. The molecule has 2 aromatic heterocycles. The van der Waals surface area contributed by atoms with Crippen LogP contribution in [0.25, 0.3) is 11.1 Å². The summed E-state index contributed by atoms with van der Waals surface area (Å²) in [5.41, 5.74) is 2.71. The molecular weight excluding hydrogens is 268 g/mol. The van der Waals surface area contributed by atoms with Crippen molar-refractivity contribution in [1.82, 2.24) is 20.8 Å². The van der Waals surface area contributed by atoms with Gasteiger partial charge in [-0.1, -0.05) is 5.16 Å². The van der Waals surface area contributed by atoms with E-state index < -0.39 is 0 Å². The second-order valence-corrected chi connectivity index (χ2v) is 5.72. The number of nitrogens with one attached hydrogen (secondary N) is 2. The van der Waals surface area contributed by atoms with E-state index in [1.165, 1.54) is 0 Å². The van der Waals surface area contributed by atoms with E-state index in [1.807, 2.05) is 27.0 Å². The van der Waals surface area contributed by atoms with Crippen molar-refractivity contribution in [2.75, 3.05) is 13.6 Å². The van der Waals surface area contributed by atoms with Gasteiger partial charge in [0.05, 0.1) is 16.6 Å². The van der Waals surface area contributed by atoms with E-state index in [2.05, 4.69) is 20.8 Å². The topological polar surface area (TPSA) is 80.0 Å². The Hall–Kier alpha value is -1.95. The van der Waals surface area contributed by atoms with Gasteiger partial charge >= 0.3 is 0 Å². The summed E-state index contributed by atoms with van der Waals surface area (Å²) in [4.78, 5) is 17.0. The van der Waals surface area contributed by atoms with Gasteiger partial charge < -0.3 is 15.2 Å². The van der Waals surface area contributed by atoms with Crippen LogP contribution in [0.3, 0.4) is 0 Å². The Kier molecular flexibility index (Phi) is 3.63. The van der Waals surface area contributed by atoms with Gasteiger partial charge in [-0.15, -0.1) is 0 Å². The van der Waals surface area contributed by atoms with Gasteiger partial charge in [-0.2, -0.15) is 0 Å². The molecule has 3 rings (SSSR count). The van der Waals surface area contributed by atoms with Gasteiger partial charge in [0, 0.05) is 24.2 Å². The minimum absolute atomic E-state index is 0.0994. The van der Waals surface area contributed by atoms with E-state index in [-0.39, 0.29) is 11.9 Å². The lowest BCUT2D eigenvalue weighted by atomic mass is 10.1. The van der Waals surface area contributed by atoms with E-state index in [0.717, 1.165) is 18.5 Å². The Morgan fingerprint density at radius 3 is 2.95 bits per heavy atom. The molecule has 1 saturated carbocycles. The first-order valence-electron chi connectivity index (χ1n) is 7.32. The number of amides is 1. The van der Waals surface area contributed by atoms with E-state index in [1.54, 1.807) is 0 Å². The lowest BCUT2D eigenvalue weighted by Crippen LogP contribution is -2.37. The number of carbonyl (C=O) groups is 1. The minimum Gasteiger partial charge on any atom is -0.350 e. The fourth-order valence-electron chi connectivity index (χ4n) is 2.32.